The molecule has 0 bridgehead atoms. The number of nitrogens with zero attached hydrogens (tertiary/aromatic N) is 3. The molecule has 1 fully saturated rings. The minimum atomic E-state index is -0.271. The lowest BCUT2D eigenvalue weighted by molar-refractivity contribution is 0.0857. The average molecular weight is 470 g/mol. The molecule has 30 heavy (non-hydrogen) atoms. The first-order chi connectivity index (χ1) is 14.6. The van der Waals surface area contributed by atoms with Crippen LogP contribution in [0.4, 0.5) is 5.69 Å². The first-order valence-corrected chi connectivity index (χ1v) is 10.4. The maximum absolute atomic E-state index is 12.8. The Kier molecular flexibility index (Phi) is 6.20. The van der Waals surface area contributed by atoms with Crippen LogP contribution < -0.4 is 10.6 Å². The number of aromatic nitrogens is 3. The lowest BCUT2D eigenvalue weighted by Crippen LogP contribution is -2.31. The minimum Gasteiger partial charge on any atom is -0.376 e. The zero-order valence-electron chi connectivity index (χ0n) is 16.0. The Morgan fingerprint density at radius 2 is 1.87 bits per heavy atom. The number of halogens is 1. The molecule has 0 unspecified atom stereocenters. The fourth-order valence-corrected chi connectivity index (χ4v) is 3.63. The van der Waals surface area contributed by atoms with Crippen molar-refractivity contribution in [3.8, 4) is 5.69 Å². The summed E-state index contributed by atoms with van der Waals surface area (Å²) in [5, 5.41) is 13.3. The van der Waals surface area contributed by atoms with E-state index in [1.807, 2.05) is 6.07 Å². The van der Waals surface area contributed by atoms with E-state index < -0.39 is 0 Å². The summed E-state index contributed by atoms with van der Waals surface area (Å²) in [5.41, 5.74) is 2.37. The Morgan fingerprint density at radius 1 is 1.10 bits per heavy atom. The van der Waals surface area contributed by atoms with Gasteiger partial charge in [-0.15, -0.1) is 10.2 Å². The van der Waals surface area contributed by atoms with Crippen molar-refractivity contribution in [1.82, 2.24) is 20.1 Å². The number of carbonyl (C=O) groups is 2. The predicted octanol–water partition coefficient (Wildman–Crippen LogP) is 3.19. The van der Waals surface area contributed by atoms with Crippen molar-refractivity contribution >= 4 is 33.4 Å². The van der Waals surface area contributed by atoms with E-state index in [1.165, 1.54) is 0 Å². The molecule has 0 radical (unpaired) electrons. The summed E-state index contributed by atoms with van der Waals surface area (Å²) < 4.78 is 7.90. The van der Waals surface area contributed by atoms with E-state index >= 15 is 0 Å². The number of ether oxygens (including phenoxy) is 1. The number of anilines is 1. The molecule has 8 nitrogen and oxygen atoms in total. The molecular weight excluding hydrogens is 450 g/mol. The van der Waals surface area contributed by atoms with Gasteiger partial charge in [0.15, 0.2) is 0 Å². The highest BCUT2D eigenvalue weighted by atomic mass is 79.9. The van der Waals surface area contributed by atoms with Gasteiger partial charge < -0.3 is 15.4 Å². The number of hydrogen-bond donors (Lipinski definition) is 2. The monoisotopic (exact) mass is 469 g/mol. The summed E-state index contributed by atoms with van der Waals surface area (Å²) >= 11 is 3.42. The third kappa shape index (κ3) is 4.74. The lowest BCUT2D eigenvalue weighted by atomic mass is 10.1. The summed E-state index contributed by atoms with van der Waals surface area (Å²) in [5.74, 6) is -0.430. The molecule has 1 atom stereocenters. The van der Waals surface area contributed by atoms with Crippen molar-refractivity contribution in [2.45, 2.75) is 18.9 Å². The van der Waals surface area contributed by atoms with Crippen LogP contribution in [0.3, 0.4) is 0 Å². The lowest BCUT2D eigenvalue weighted by Gasteiger charge is -2.12. The van der Waals surface area contributed by atoms with Gasteiger partial charge in [0.25, 0.3) is 11.8 Å². The van der Waals surface area contributed by atoms with Crippen molar-refractivity contribution in [3.63, 3.8) is 0 Å². The fourth-order valence-electron chi connectivity index (χ4n) is 3.20. The third-order valence-corrected chi connectivity index (χ3v) is 5.52. The Bertz CT molecular complexity index is 1030. The number of carbonyl (C=O) groups excluding carboxylic acids is 2. The van der Waals surface area contributed by atoms with Crippen LogP contribution in [0.2, 0.25) is 0 Å². The molecule has 0 saturated carbocycles. The summed E-state index contributed by atoms with van der Waals surface area (Å²) in [4.78, 5) is 25.0. The maximum atomic E-state index is 12.8. The highest BCUT2D eigenvalue weighted by Crippen LogP contribution is 2.22. The van der Waals surface area contributed by atoms with Gasteiger partial charge in [-0.1, -0.05) is 0 Å². The van der Waals surface area contributed by atoms with Gasteiger partial charge in [0.05, 0.1) is 11.7 Å². The molecule has 1 aliphatic rings. The second-order valence-electron chi connectivity index (χ2n) is 6.91. The Labute approximate surface area is 181 Å². The zero-order valence-corrected chi connectivity index (χ0v) is 17.6. The second-order valence-corrected chi connectivity index (χ2v) is 7.76. The van der Waals surface area contributed by atoms with Crippen molar-refractivity contribution in [1.29, 1.82) is 0 Å². The summed E-state index contributed by atoms with van der Waals surface area (Å²) in [6.07, 6.45) is 5.23. The Hall–Kier alpha value is -3.04. The van der Waals surface area contributed by atoms with Crippen molar-refractivity contribution < 1.29 is 14.3 Å². The average Bonchev–Trinajstić information content (AvgIpc) is 3.47. The van der Waals surface area contributed by atoms with Crippen LogP contribution in [0.25, 0.3) is 5.69 Å². The van der Waals surface area contributed by atoms with E-state index in [1.54, 1.807) is 53.6 Å². The molecule has 3 aromatic rings. The Balaban J connectivity index is 1.40. The number of amides is 2. The van der Waals surface area contributed by atoms with Crippen LogP contribution in [-0.4, -0.2) is 45.8 Å². The van der Waals surface area contributed by atoms with Gasteiger partial charge in [-0.2, -0.15) is 0 Å². The molecule has 1 aromatic heterocycles. The third-order valence-electron chi connectivity index (χ3n) is 4.83. The van der Waals surface area contributed by atoms with E-state index in [-0.39, 0.29) is 17.9 Å². The number of nitrogens with one attached hydrogen (secondary N) is 2. The van der Waals surface area contributed by atoms with Crippen molar-refractivity contribution in [2.24, 2.45) is 0 Å². The van der Waals surface area contributed by atoms with E-state index in [0.717, 1.165) is 25.1 Å². The van der Waals surface area contributed by atoms with Crippen molar-refractivity contribution in [2.75, 3.05) is 18.5 Å². The molecule has 0 aliphatic carbocycles. The smallest absolute Gasteiger partial charge is 0.256 e. The molecule has 154 valence electrons. The van der Waals surface area contributed by atoms with Crippen LogP contribution in [0.15, 0.2) is 59.6 Å². The van der Waals surface area contributed by atoms with Crippen LogP contribution in [-0.2, 0) is 4.74 Å². The maximum Gasteiger partial charge on any atom is 0.256 e. The normalized spacial score (nSPS) is 15.7. The van der Waals surface area contributed by atoms with Crippen LogP contribution >= 0.6 is 15.9 Å². The molecule has 0 spiro atoms. The number of rotatable bonds is 6. The van der Waals surface area contributed by atoms with Gasteiger partial charge in [-0.05, 0) is 71.2 Å². The molecule has 4 rings (SSSR count). The zero-order chi connectivity index (χ0) is 20.9. The highest BCUT2D eigenvalue weighted by Gasteiger charge is 2.17. The molecule has 2 amide bonds. The number of hydrogen-bond acceptors (Lipinski definition) is 5. The molecule has 2 heterocycles. The second kappa shape index (κ2) is 9.19. The molecule has 9 heteroatoms. The molecule has 2 aromatic carbocycles. The largest absolute Gasteiger partial charge is 0.376 e. The molecule has 2 N–H and O–H groups in total. The van der Waals surface area contributed by atoms with Crippen LogP contribution in [0, 0.1) is 0 Å². The SMILES string of the molecule is O=C(NC[C@@H]1CCCO1)c1ccc(NC(=O)c2cc(-n3cnnc3)ccc2Br)cc1. The molecule has 1 aliphatic heterocycles. The first kappa shape index (κ1) is 20.2. The van der Waals surface area contributed by atoms with Crippen molar-refractivity contribution in [3.05, 3.63) is 70.7 Å². The topological polar surface area (TPSA) is 98.1 Å². The summed E-state index contributed by atoms with van der Waals surface area (Å²) in [7, 11) is 0. The van der Waals surface area contributed by atoms with E-state index in [4.69, 9.17) is 4.74 Å². The highest BCUT2D eigenvalue weighted by molar-refractivity contribution is 9.10. The number of benzene rings is 2. The van der Waals surface area contributed by atoms with Gasteiger partial charge in [0.2, 0.25) is 0 Å². The fraction of sp³-hybridized carbons (Fsp3) is 0.238. The first-order valence-electron chi connectivity index (χ1n) is 9.56. The van der Waals surface area contributed by atoms with Gasteiger partial charge in [-0.25, -0.2) is 0 Å². The predicted molar refractivity (Wildman–Crippen MR) is 115 cm³/mol. The standard InChI is InChI=1S/C21H20BrN5O3/c22-19-8-7-16(27-12-24-25-13-27)10-18(19)21(29)26-15-5-3-14(4-6-15)20(28)23-11-17-2-1-9-30-17/h3-8,10,12-13,17H,1-2,9,11H2,(H,23,28)(H,26,29)/t17-/m0/s1. The van der Waals surface area contributed by atoms with E-state index in [2.05, 4.69) is 36.8 Å². The van der Waals surface area contributed by atoms with Gasteiger partial charge >= 0.3 is 0 Å². The van der Waals surface area contributed by atoms with Gasteiger partial charge in [0.1, 0.15) is 12.7 Å². The quantitative estimate of drug-likeness (QED) is 0.577. The minimum absolute atomic E-state index is 0.0971. The van der Waals surface area contributed by atoms with E-state index in [9.17, 15) is 9.59 Å². The Morgan fingerprint density at radius 3 is 2.57 bits per heavy atom. The van der Waals surface area contributed by atoms with Gasteiger partial charge in [-0.3, -0.25) is 14.2 Å². The summed E-state index contributed by atoms with van der Waals surface area (Å²) in [6, 6.07) is 12.2. The van der Waals surface area contributed by atoms with Crippen LogP contribution in [0.5, 0.6) is 0 Å². The summed E-state index contributed by atoms with van der Waals surface area (Å²) in [6.45, 7) is 1.27. The molecule has 1 saturated heterocycles. The van der Waals surface area contributed by atoms with Crippen LogP contribution in [0.1, 0.15) is 33.6 Å². The molecular formula is C21H20BrN5O3. The van der Waals surface area contributed by atoms with E-state index in [0.29, 0.717) is 27.8 Å². The van der Waals surface area contributed by atoms with Gasteiger partial charge in [0, 0.05) is 34.6 Å².